The molecular weight excluding hydrogens is 487 g/mol. The van der Waals surface area contributed by atoms with Gasteiger partial charge in [-0.25, -0.2) is 12.8 Å². The van der Waals surface area contributed by atoms with E-state index in [0.29, 0.717) is 30.2 Å². The van der Waals surface area contributed by atoms with Crippen molar-refractivity contribution in [2.75, 3.05) is 26.4 Å². The van der Waals surface area contributed by atoms with Crippen LogP contribution in [0.25, 0.3) is 0 Å². The zero-order chi connectivity index (χ0) is 26.0. The fraction of sp³-hybridized carbons (Fsp3) is 0.600. The molecule has 0 bridgehead atoms. The number of sulfonamides is 1. The van der Waals surface area contributed by atoms with Gasteiger partial charge in [-0.1, -0.05) is 19.3 Å². The molecule has 4 rings (SSSR count). The van der Waals surface area contributed by atoms with Gasteiger partial charge < -0.3 is 20.3 Å². The average molecular weight is 523 g/mol. The average Bonchev–Trinajstić information content (AvgIpc) is 3.44. The number of carbonyl (C=O) groups excluding carboxylic acids is 2. The summed E-state index contributed by atoms with van der Waals surface area (Å²) in [6.45, 7) is 2.04. The number of rotatable bonds is 8. The molecule has 36 heavy (non-hydrogen) atoms. The number of fused-ring (bicyclic) bond motifs is 1. The Labute approximate surface area is 212 Å². The van der Waals surface area contributed by atoms with Crippen molar-refractivity contribution in [3.63, 3.8) is 0 Å². The lowest BCUT2D eigenvalue weighted by Crippen LogP contribution is -2.55. The molecule has 3 atom stereocenters. The summed E-state index contributed by atoms with van der Waals surface area (Å²) in [6.07, 6.45) is 6.36. The van der Waals surface area contributed by atoms with E-state index in [4.69, 9.17) is 4.74 Å². The van der Waals surface area contributed by atoms with Crippen molar-refractivity contribution in [3.05, 3.63) is 41.5 Å². The molecule has 1 saturated heterocycles. The number of halogens is 1. The third-order valence-electron chi connectivity index (χ3n) is 7.42. The van der Waals surface area contributed by atoms with E-state index in [-0.39, 0.29) is 24.3 Å². The quantitative estimate of drug-likeness (QED) is 0.541. The molecule has 2 fully saturated rings. The topological polar surface area (TPSA) is 108 Å². The molecule has 2 amide bonds. The number of likely N-dealkylation sites (tertiary alicyclic amines) is 1. The summed E-state index contributed by atoms with van der Waals surface area (Å²) in [5.74, 6) is -0.202. The van der Waals surface area contributed by atoms with Gasteiger partial charge in [0, 0.05) is 6.54 Å². The molecule has 2 heterocycles. The van der Waals surface area contributed by atoms with Gasteiger partial charge in [-0.05, 0) is 63.4 Å². The van der Waals surface area contributed by atoms with Crippen LogP contribution in [0.4, 0.5) is 4.39 Å². The molecule has 0 radical (unpaired) electrons. The first-order valence-corrected chi connectivity index (χ1v) is 14.4. The van der Waals surface area contributed by atoms with Crippen molar-refractivity contribution in [1.82, 2.24) is 19.8 Å². The third kappa shape index (κ3) is 5.57. The minimum absolute atomic E-state index is 0.00721. The summed E-state index contributed by atoms with van der Waals surface area (Å²) in [5, 5.41) is 5.89. The predicted octanol–water partition coefficient (Wildman–Crippen LogP) is 1.97. The van der Waals surface area contributed by atoms with E-state index in [9.17, 15) is 22.4 Å². The second-order valence-corrected chi connectivity index (χ2v) is 11.8. The van der Waals surface area contributed by atoms with Gasteiger partial charge in [-0.3, -0.25) is 9.59 Å². The summed E-state index contributed by atoms with van der Waals surface area (Å²) in [6, 6.07) is 3.75. The Morgan fingerprint density at radius 1 is 1.11 bits per heavy atom. The van der Waals surface area contributed by atoms with Crippen molar-refractivity contribution >= 4 is 21.8 Å². The fourth-order valence-corrected chi connectivity index (χ4v) is 6.39. The van der Waals surface area contributed by atoms with Crippen molar-refractivity contribution < 1.29 is 27.1 Å². The molecule has 3 unspecified atom stereocenters. The van der Waals surface area contributed by atoms with E-state index < -0.39 is 34.0 Å². The van der Waals surface area contributed by atoms with Crippen molar-refractivity contribution in [1.29, 1.82) is 0 Å². The monoisotopic (exact) mass is 522 g/mol. The lowest BCUT2D eigenvalue weighted by Gasteiger charge is -2.34. The van der Waals surface area contributed by atoms with Crippen molar-refractivity contribution in [3.8, 4) is 5.75 Å². The number of hydrogen-bond donors (Lipinski definition) is 2. The Bertz CT molecular complexity index is 1120. The highest BCUT2D eigenvalue weighted by molar-refractivity contribution is 7.88. The maximum Gasteiger partial charge on any atom is 0.249 e. The minimum Gasteiger partial charge on any atom is -0.458 e. The third-order valence-corrected chi connectivity index (χ3v) is 8.66. The summed E-state index contributed by atoms with van der Waals surface area (Å²) < 4.78 is 45.9. The van der Waals surface area contributed by atoms with Crippen LogP contribution in [0.3, 0.4) is 0 Å². The number of carbonyl (C=O) groups is 2. The lowest BCUT2D eigenvalue weighted by molar-refractivity contribution is -0.136. The number of nitrogens with one attached hydrogen (secondary N) is 2. The van der Waals surface area contributed by atoms with Crippen molar-refractivity contribution in [2.24, 2.45) is 5.92 Å². The van der Waals surface area contributed by atoms with E-state index in [1.807, 2.05) is 0 Å². The maximum atomic E-state index is 14.0. The smallest absolute Gasteiger partial charge is 0.249 e. The summed E-state index contributed by atoms with van der Waals surface area (Å²) in [4.78, 5) is 28.4. The molecule has 11 heteroatoms. The summed E-state index contributed by atoms with van der Waals surface area (Å²) in [7, 11) is -1.89. The molecule has 2 aliphatic heterocycles. The number of likely N-dealkylation sites (N-methyl/N-ethyl adjacent to an activating group) is 1. The summed E-state index contributed by atoms with van der Waals surface area (Å²) in [5.41, 5.74) is 0.506. The number of hydrogen-bond acceptors (Lipinski definition) is 6. The molecular formula is C25H35FN4O5S. The van der Waals surface area contributed by atoms with Crippen LogP contribution in [0, 0.1) is 11.7 Å². The van der Waals surface area contributed by atoms with Crippen LogP contribution >= 0.6 is 0 Å². The molecule has 0 aromatic heterocycles. The number of amides is 2. The van der Waals surface area contributed by atoms with E-state index in [1.54, 1.807) is 18.9 Å². The van der Waals surface area contributed by atoms with Crippen molar-refractivity contribution in [2.45, 2.75) is 63.6 Å². The predicted molar refractivity (Wildman–Crippen MR) is 133 cm³/mol. The molecule has 1 aliphatic carbocycles. The van der Waals surface area contributed by atoms with Gasteiger partial charge in [0.15, 0.2) is 0 Å². The van der Waals surface area contributed by atoms with Gasteiger partial charge in [0.25, 0.3) is 0 Å². The van der Waals surface area contributed by atoms with Crippen LogP contribution in [0.5, 0.6) is 5.75 Å². The van der Waals surface area contributed by atoms with Crippen LogP contribution in [0.1, 0.15) is 45.4 Å². The van der Waals surface area contributed by atoms with Gasteiger partial charge >= 0.3 is 0 Å². The van der Waals surface area contributed by atoms with Crippen LogP contribution in [-0.4, -0.2) is 74.0 Å². The van der Waals surface area contributed by atoms with E-state index in [0.717, 1.165) is 38.4 Å². The Hall–Kier alpha value is -2.50. The molecule has 0 spiro atoms. The van der Waals surface area contributed by atoms with Crippen LogP contribution in [-0.2, 0) is 19.6 Å². The minimum atomic E-state index is -3.58. The molecule has 198 valence electrons. The first-order valence-electron chi connectivity index (χ1n) is 12.5. The zero-order valence-corrected chi connectivity index (χ0v) is 21.8. The number of nitrogens with zero attached hydrogens (tertiary/aromatic N) is 2. The van der Waals surface area contributed by atoms with E-state index in [1.165, 1.54) is 28.6 Å². The SMILES string of the molecule is CNC(C)C(=O)NC(C(=O)N1CCC2C1=C(Oc1ccc(F)cc1)CN2S(C)(=O)=O)C1CCCCC1. The van der Waals surface area contributed by atoms with Gasteiger partial charge in [-0.2, -0.15) is 4.31 Å². The first-order chi connectivity index (χ1) is 17.1. The van der Waals surface area contributed by atoms with Gasteiger partial charge in [0.2, 0.25) is 21.8 Å². The molecule has 1 aromatic carbocycles. The Morgan fingerprint density at radius 3 is 2.39 bits per heavy atom. The lowest BCUT2D eigenvalue weighted by atomic mass is 9.83. The summed E-state index contributed by atoms with van der Waals surface area (Å²) >= 11 is 0. The normalized spacial score (nSPS) is 22.9. The van der Waals surface area contributed by atoms with Crippen LogP contribution < -0.4 is 15.4 Å². The van der Waals surface area contributed by atoms with E-state index >= 15 is 0 Å². The Morgan fingerprint density at radius 2 is 1.78 bits per heavy atom. The molecule has 1 saturated carbocycles. The number of benzene rings is 1. The fourth-order valence-electron chi connectivity index (χ4n) is 5.37. The van der Waals surface area contributed by atoms with Crippen LogP contribution in [0.15, 0.2) is 35.7 Å². The molecule has 9 nitrogen and oxygen atoms in total. The second kappa shape index (κ2) is 10.9. The van der Waals surface area contributed by atoms with Crippen LogP contribution in [0.2, 0.25) is 0 Å². The van der Waals surface area contributed by atoms with Gasteiger partial charge in [0.1, 0.15) is 23.4 Å². The highest BCUT2D eigenvalue weighted by Crippen LogP contribution is 2.39. The zero-order valence-electron chi connectivity index (χ0n) is 21.0. The molecule has 3 aliphatic rings. The Balaban J connectivity index is 1.67. The highest BCUT2D eigenvalue weighted by atomic mass is 32.2. The first kappa shape index (κ1) is 26.6. The standard InChI is InChI=1S/C25H35FN4O5S/c1-16(27-2)24(31)28-22(17-7-5-4-6-8-17)25(32)29-14-13-20-23(29)21(15-30(20)36(3,33)34)35-19-11-9-18(26)10-12-19/h9-12,16-17,20,22,27H,4-8,13-15H2,1-3H3,(H,28,31). The van der Waals surface area contributed by atoms with E-state index in [2.05, 4.69) is 10.6 Å². The number of ether oxygens (including phenoxy) is 1. The van der Waals surface area contributed by atoms with Gasteiger partial charge in [-0.15, -0.1) is 0 Å². The maximum absolute atomic E-state index is 14.0. The largest absolute Gasteiger partial charge is 0.458 e. The highest BCUT2D eigenvalue weighted by Gasteiger charge is 2.49. The van der Waals surface area contributed by atoms with Gasteiger partial charge in [0.05, 0.1) is 30.6 Å². The molecule has 2 N–H and O–H groups in total. The molecule has 1 aromatic rings. The Kier molecular flexibility index (Phi) is 8.01. The second-order valence-electron chi connectivity index (χ2n) is 9.86.